The van der Waals surface area contributed by atoms with Crippen molar-refractivity contribution < 1.29 is 8.83 Å². The van der Waals surface area contributed by atoms with Crippen LogP contribution in [0.4, 0.5) is 0 Å². The molecule has 0 saturated carbocycles. The Morgan fingerprint density at radius 1 is 0.290 bits per heavy atom. The molecule has 322 valence electrons. The molecular weight excluding hydrogens is 845 g/mol. The maximum atomic E-state index is 6.94. The summed E-state index contributed by atoms with van der Waals surface area (Å²) in [6, 6.07) is 80.3. The van der Waals surface area contributed by atoms with Crippen molar-refractivity contribution >= 4 is 65.7 Å². The van der Waals surface area contributed by atoms with Crippen LogP contribution in [0.15, 0.2) is 239 Å². The third kappa shape index (κ3) is 6.38. The van der Waals surface area contributed by atoms with Gasteiger partial charge in [0.1, 0.15) is 16.7 Å². The third-order valence-electron chi connectivity index (χ3n) is 13.5. The van der Waals surface area contributed by atoms with Gasteiger partial charge < -0.3 is 13.4 Å². The summed E-state index contributed by atoms with van der Waals surface area (Å²) in [5.74, 6) is 1.76. The fourth-order valence-corrected chi connectivity index (χ4v) is 10.2. The molecule has 0 amide bonds. The van der Waals surface area contributed by atoms with Gasteiger partial charge in [0.15, 0.2) is 23.1 Å². The molecule has 0 fully saturated rings. The summed E-state index contributed by atoms with van der Waals surface area (Å²) < 4.78 is 15.9. The second kappa shape index (κ2) is 15.6. The van der Waals surface area contributed by atoms with Crippen LogP contribution in [-0.2, 0) is 0 Å². The molecule has 0 N–H and O–H groups in total. The SMILES string of the molecule is c1ccc(-c2ccc(-c3nc(-c4ccccc4)nc(-c4cccc5oc6ccc(-c7ccc(-n8c9ccccc9c9cc(-c%10ccccc%10)ccc98)c8oc9ccccc9c78)cc6c45)n3)cc2)cc1. The van der Waals surface area contributed by atoms with E-state index in [0.29, 0.717) is 17.5 Å². The van der Waals surface area contributed by atoms with Crippen molar-refractivity contribution in [3.8, 4) is 73.2 Å². The van der Waals surface area contributed by atoms with Crippen LogP contribution in [0, 0.1) is 0 Å². The van der Waals surface area contributed by atoms with Gasteiger partial charge in [-0.1, -0.05) is 182 Å². The van der Waals surface area contributed by atoms with Crippen LogP contribution < -0.4 is 0 Å². The van der Waals surface area contributed by atoms with Crippen LogP contribution in [0.25, 0.3) is 139 Å². The van der Waals surface area contributed by atoms with Gasteiger partial charge in [0, 0.05) is 49.0 Å². The normalized spacial score (nSPS) is 11.8. The molecule has 4 heterocycles. The number of aromatic nitrogens is 4. The fourth-order valence-electron chi connectivity index (χ4n) is 10.2. The summed E-state index contributed by atoms with van der Waals surface area (Å²) in [5.41, 5.74) is 15.8. The zero-order chi connectivity index (χ0) is 45.4. The van der Waals surface area contributed by atoms with Crippen molar-refractivity contribution in [1.82, 2.24) is 19.5 Å². The molecule has 0 unspecified atom stereocenters. The highest BCUT2D eigenvalue weighted by Crippen LogP contribution is 2.45. The highest BCUT2D eigenvalue weighted by atomic mass is 16.3. The Kier molecular flexibility index (Phi) is 8.79. The van der Waals surface area contributed by atoms with Gasteiger partial charge in [0.05, 0.1) is 16.7 Å². The predicted molar refractivity (Wildman–Crippen MR) is 281 cm³/mol. The van der Waals surface area contributed by atoms with Gasteiger partial charge in [-0.25, -0.2) is 15.0 Å². The standard InChI is InChI=1S/C63H38N4O2/c1-4-15-39(16-5-1)41-27-29-43(30-28-41)62-64-61(42-19-8-3-9-20-42)65-63(66-62)49-23-14-26-57-58(49)51-38-45(32-36-56(51)68-57)46-33-35-54(60-59(46)48-22-11-13-25-55(48)69-60)67-52-24-12-10-21-47(52)50-37-44(31-34-53(50)67)40-17-6-2-7-18-40/h1-38H. The van der Waals surface area contributed by atoms with Gasteiger partial charge in [-0.2, -0.15) is 0 Å². The summed E-state index contributed by atoms with van der Waals surface area (Å²) in [6.45, 7) is 0. The van der Waals surface area contributed by atoms with Crippen molar-refractivity contribution in [2.45, 2.75) is 0 Å². The maximum absolute atomic E-state index is 6.94. The lowest BCUT2D eigenvalue weighted by Gasteiger charge is -2.12. The average Bonchev–Trinajstić information content (AvgIpc) is 4.11. The summed E-state index contributed by atoms with van der Waals surface area (Å²) in [5, 5.41) is 6.39. The molecule has 4 aromatic heterocycles. The molecule has 0 spiro atoms. The number of benzene rings is 10. The number of hydrogen-bond donors (Lipinski definition) is 0. The van der Waals surface area contributed by atoms with E-state index in [9.17, 15) is 0 Å². The zero-order valence-corrected chi connectivity index (χ0v) is 37.0. The lowest BCUT2D eigenvalue weighted by atomic mass is 9.96. The maximum Gasteiger partial charge on any atom is 0.164 e. The highest BCUT2D eigenvalue weighted by molar-refractivity contribution is 6.19. The van der Waals surface area contributed by atoms with Gasteiger partial charge in [-0.3, -0.25) is 0 Å². The van der Waals surface area contributed by atoms with E-state index in [0.717, 1.165) is 99.5 Å². The predicted octanol–water partition coefficient (Wildman–Crippen LogP) is 16.8. The lowest BCUT2D eigenvalue weighted by molar-refractivity contribution is 0.666. The Labute approximate surface area is 396 Å². The van der Waals surface area contributed by atoms with Gasteiger partial charge in [-0.15, -0.1) is 0 Å². The Bertz CT molecular complexity index is 4290. The van der Waals surface area contributed by atoms with Gasteiger partial charge in [0.2, 0.25) is 0 Å². The molecule has 0 aliphatic rings. The fraction of sp³-hybridized carbons (Fsp3) is 0. The van der Waals surface area contributed by atoms with Crippen LogP contribution in [0.1, 0.15) is 0 Å². The van der Waals surface area contributed by atoms with Gasteiger partial charge in [-0.05, 0) is 81.9 Å². The number of nitrogens with zero attached hydrogens (tertiary/aromatic N) is 4. The van der Waals surface area contributed by atoms with Crippen molar-refractivity contribution in [2.24, 2.45) is 0 Å². The molecule has 6 nitrogen and oxygen atoms in total. The molecule has 0 aliphatic heterocycles. The minimum atomic E-state index is 0.569. The largest absolute Gasteiger partial charge is 0.456 e. The van der Waals surface area contributed by atoms with E-state index in [1.807, 2.05) is 54.6 Å². The first kappa shape index (κ1) is 38.8. The topological polar surface area (TPSA) is 69.9 Å². The van der Waals surface area contributed by atoms with Crippen LogP contribution in [0.2, 0.25) is 0 Å². The van der Waals surface area contributed by atoms with Crippen molar-refractivity contribution in [3.63, 3.8) is 0 Å². The number of hydrogen-bond acceptors (Lipinski definition) is 5. The van der Waals surface area contributed by atoms with Crippen LogP contribution in [0.5, 0.6) is 0 Å². The highest BCUT2D eigenvalue weighted by Gasteiger charge is 2.23. The first-order chi connectivity index (χ1) is 34.2. The summed E-state index contributed by atoms with van der Waals surface area (Å²) in [6.07, 6.45) is 0. The van der Waals surface area contributed by atoms with E-state index >= 15 is 0 Å². The summed E-state index contributed by atoms with van der Waals surface area (Å²) in [4.78, 5) is 15.4. The van der Waals surface area contributed by atoms with E-state index in [1.54, 1.807) is 0 Å². The Morgan fingerprint density at radius 2 is 0.826 bits per heavy atom. The molecule has 14 rings (SSSR count). The Balaban J connectivity index is 0.946. The smallest absolute Gasteiger partial charge is 0.164 e. The molecule has 0 atom stereocenters. The quantitative estimate of drug-likeness (QED) is 0.159. The molecule has 69 heavy (non-hydrogen) atoms. The van der Waals surface area contributed by atoms with Crippen LogP contribution in [0.3, 0.4) is 0 Å². The van der Waals surface area contributed by atoms with E-state index < -0.39 is 0 Å². The molecule has 10 aromatic carbocycles. The second-order valence-electron chi connectivity index (χ2n) is 17.5. The van der Waals surface area contributed by atoms with E-state index in [1.165, 1.54) is 21.9 Å². The van der Waals surface area contributed by atoms with Crippen molar-refractivity contribution in [3.05, 3.63) is 231 Å². The van der Waals surface area contributed by atoms with Crippen LogP contribution >= 0.6 is 0 Å². The first-order valence-electron chi connectivity index (χ1n) is 23.2. The molecular formula is C63H38N4O2. The zero-order valence-electron chi connectivity index (χ0n) is 37.0. The third-order valence-corrected chi connectivity index (χ3v) is 13.5. The lowest BCUT2D eigenvalue weighted by Crippen LogP contribution is -2.00. The molecule has 0 radical (unpaired) electrons. The minimum absolute atomic E-state index is 0.569. The number of para-hydroxylation sites is 2. The van der Waals surface area contributed by atoms with Crippen LogP contribution in [-0.4, -0.2) is 19.5 Å². The molecule has 0 bridgehead atoms. The minimum Gasteiger partial charge on any atom is -0.456 e. The van der Waals surface area contributed by atoms with Crippen molar-refractivity contribution in [2.75, 3.05) is 0 Å². The number of fused-ring (bicyclic) bond motifs is 9. The Hall–Kier alpha value is -9.39. The van der Waals surface area contributed by atoms with Crippen molar-refractivity contribution in [1.29, 1.82) is 0 Å². The summed E-state index contributed by atoms with van der Waals surface area (Å²) >= 11 is 0. The first-order valence-corrected chi connectivity index (χ1v) is 23.2. The monoisotopic (exact) mass is 882 g/mol. The van der Waals surface area contributed by atoms with E-state index in [-0.39, 0.29) is 0 Å². The molecule has 0 saturated heterocycles. The number of rotatable bonds is 7. The summed E-state index contributed by atoms with van der Waals surface area (Å²) in [7, 11) is 0. The van der Waals surface area contributed by atoms with Gasteiger partial charge in [0.25, 0.3) is 0 Å². The molecule has 6 heteroatoms. The number of furan rings is 2. The van der Waals surface area contributed by atoms with E-state index in [2.05, 4.69) is 180 Å². The average molecular weight is 883 g/mol. The van der Waals surface area contributed by atoms with Gasteiger partial charge >= 0.3 is 0 Å². The Morgan fingerprint density at radius 3 is 1.59 bits per heavy atom. The van der Waals surface area contributed by atoms with E-state index in [4.69, 9.17) is 23.8 Å². The molecule has 14 aromatic rings. The molecule has 0 aliphatic carbocycles. The second-order valence-corrected chi connectivity index (χ2v) is 17.5.